The lowest BCUT2D eigenvalue weighted by atomic mass is 9.87. The number of hydrogen-bond acceptors (Lipinski definition) is 5. The number of benzene rings is 2. The van der Waals surface area contributed by atoms with Crippen LogP contribution in [-0.2, 0) is 12.8 Å². The van der Waals surface area contributed by atoms with Gasteiger partial charge in [0.2, 0.25) is 0 Å². The highest BCUT2D eigenvalue weighted by Crippen LogP contribution is 2.27. The molecule has 0 radical (unpaired) electrons. The molecular formula is C54H87N5. The van der Waals surface area contributed by atoms with Gasteiger partial charge in [0.15, 0.2) is 0 Å². The van der Waals surface area contributed by atoms with Crippen molar-refractivity contribution in [3.05, 3.63) is 145 Å². The molecule has 1 aromatic heterocycles. The first-order valence-electron chi connectivity index (χ1n) is 22.8. The summed E-state index contributed by atoms with van der Waals surface area (Å²) in [6.45, 7) is 37.3. The number of allylic oxidation sites excluding steroid dienone is 4. The average Bonchev–Trinajstić information content (AvgIpc) is 3.21. The molecule has 0 aliphatic carbocycles. The maximum Gasteiger partial charge on any atom is 0.0755 e. The van der Waals surface area contributed by atoms with Gasteiger partial charge in [-0.2, -0.15) is 5.10 Å². The molecule has 5 nitrogen and oxygen atoms in total. The zero-order valence-electron chi connectivity index (χ0n) is 39.6. The number of rotatable bonds is 25. The van der Waals surface area contributed by atoms with Crippen LogP contribution in [0.5, 0.6) is 0 Å². The number of hydrogen-bond donors (Lipinski definition) is 2. The molecule has 3 rings (SSSR count). The highest BCUT2D eigenvalue weighted by atomic mass is 15.4. The molecule has 0 saturated carbocycles. The minimum atomic E-state index is 0.138. The third kappa shape index (κ3) is 27.9. The normalized spacial score (nSPS) is 11.1. The van der Waals surface area contributed by atoms with E-state index in [1.807, 2.05) is 25.4 Å². The van der Waals surface area contributed by atoms with Crippen LogP contribution in [0.1, 0.15) is 168 Å². The van der Waals surface area contributed by atoms with Crippen LogP contribution in [-0.4, -0.2) is 35.8 Å². The molecule has 1 atom stereocenters. The summed E-state index contributed by atoms with van der Waals surface area (Å²) in [6, 6.07) is 21.2. The third-order valence-corrected chi connectivity index (χ3v) is 9.68. The SMILES string of the molecule is C=C(C)CCC.C=CCC(/C(=N\N(C)CCCCNC(=C)CCCCCC)c1ccc(NC(=C)C)cc1)c1ccccc1.CCCC(C)C.CCc1ccncc1CC. The Kier molecular flexibility index (Phi) is 32.9. The van der Waals surface area contributed by atoms with Gasteiger partial charge in [-0.3, -0.25) is 9.99 Å². The molecule has 2 aromatic carbocycles. The van der Waals surface area contributed by atoms with Crippen molar-refractivity contribution in [2.75, 3.05) is 25.5 Å². The van der Waals surface area contributed by atoms with Crippen LogP contribution in [0.15, 0.2) is 128 Å². The third-order valence-electron chi connectivity index (χ3n) is 9.68. The van der Waals surface area contributed by atoms with E-state index in [4.69, 9.17) is 5.10 Å². The van der Waals surface area contributed by atoms with Crippen LogP contribution < -0.4 is 10.6 Å². The van der Waals surface area contributed by atoms with Crippen LogP contribution in [0.4, 0.5) is 5.69 Å². The summed E-state index contributed by atoms with van der Waals surface area (Å²) < 4.78 is 0. The van der Waals surface area contributed by atoms with E-state index in [2.05, 4.69) is 170 Å². The van der Waals surface area contributed by atoms with Crippen molar-refractivity contribution in [1.29, 1.82) is 0 Å². The van der Waals surface area contributed by atoms with Gasteiger partial charge >= 0.3 is 0 Å². The van der Waals surface area contributed by atoms with E-state index < -0.39 is 0 Å². The molecule has 328 valence electrons. The molecular weight excluding hydrogens is 719 g/mol. The number of anilines is 1. The summed E-state index contributed by atoms with van der Waals surface area (Å²) in [4.78, 5) is 4.06. The fraction of sp³-hybridized carbons (Fsp3) is 0.519. The Balaban J connectivity index is 0.00000123. The Labute approximate surface area is 364 Å². The molecule has 0 saturated heterocycles. The molecule has 0 fully saturated rings. The number of nitrogens with zero attached hydrogens (tertiary/aromatic N) is 3. The summed E-state index contributed by atoms with van der Waals surface area (Å²) in [7, 11) is 2.08. The minimum Gasteiger partial charge on any atom is -0.389 e. The molecule has 5 heteroatoms. The molecule has 0 bridgehead atoms. The minimum absolute atomic E-state index is 0.138. The lowest BCUT2D eigenvalue weighted by Gasteiger charge is -2.23. The van der Waals surface area contributed by atoms with Crippen molar-refractivity contribution in [2.24, 2.45) is 11.0 Å². The maximum absolute atomic E-state index is 5.15. The lowest BCUT2D eigenvalue weighted by molar-refractivity contribution is 0.342. The predicted molar refractivity (Wildman–Crippen MR) is 266 cm³/mol. The maximum atomic E-state index is 5.15. The first kappa shape index (κ1) is 54.6. The smallest absolute Gasteiger partial charge is 0.0755 e. The van der Waals surface area contributed by atoms with E-state index in [-0.39, 0.29) is 5.92 Å². The quantitative estimate of drug-likeness (QED) is 0.0388. The average molecular weight is 806 g/mol. The molecule has 1 unspecified atom stereocenters. The summed E-state index contributed by atoms with van der Waals surface area (Å²) in [5.41, 5.74) is 10.7. The van der Waals surface area contributed by atoms with Crippen molar-refractivity contribution in [3.63, 3.8) is 0 Å². The van der Waals surface area contributed by atoms with Crippen LogP contribution >= 0.6 is 0 Å². The molecule has 2 N–H and O–H groups in total. The standard InChI is InChI=1S/C33H48N4.C9H13N.C6H14.C6H12/c1-7-9-10-12-18-28(5)34-25-15-16-26-37(6)36-33(30-21-23-31(24-22-30)35-27(3)4)32(17-8-2)29-19-13-11-14-20-29;1-3-8-5-6-10-7-9(8)4-2;2*1-4-5-6(2)3/h8,11,13-14,19-24,32,34-35H,2-3,5,7,9-10,12,15-18,25-26H2,1,4,6H3;5-7H,3-4H2,1-2H3;6H,4-5H2,1-3H3;2,4-5H2,1,3H3/b36-33-;;;. The fourth-order valence-corrected chi connectivity index (χ4v) is 6.50. The van der Waals surface area contributed by atoms with Gasteiger partial charge in [-0.15, -0.1) is 13.2 Å². The zero-order chi connectivity index (χ0) is 44.3. The Morgan fingerprint density at radius 3 is 1.95 bits per heavy atom. The second-order valence-corrected chi connectivity index (χ2v) is 16.1. The molecule has 3 aromatic rings. The molecule has 0 spiro atoms. The molecule has 1 heterocycles. The Bertz CT molecular complexity index is 1530. The summed E-state index contributed by atoms with van der Waals surface area (Å²) in [5.74, 6) is 1.04. The monoisotopic (exact) mass is 806 g/mol. The van der Waals surface area contributed by atoms with E-state index >= 15 is 0 Å². The fourth-order valence-electron chi connectivity index (χ4n) is 6.50. The van der Waals surface area contributed by atoms with E-state index in [1.165, 1.54) is 79.3 Å². The number of aromatic nitrogens is 1. The van der Waals surface area contributed by atoms with Crippen LogP contribution in [0.2, 0.25) is 0 Å². The summed E-state index contributed by atoms with van der Waals surface area (Å²) in [6.07, 6.45) is 22.3. The summed E-state index contributed by atoms with van der Waals surface area (Å²) >= 11 is 0. The van der Waals surface area contributed by atoms with Gasteiger partial charge in [0.25, 0.3) is 0 Å². The topological polar surface area (TPSA) is 52.5 Å². The number of nitrogens with one attached hydrogen (secondary N) is 2. The van der Waals surface area contributed by atoms with Crippen molar-refractivity contribution in [2.45, 2.75) is 158 Å². The van der Waals surface area contributed by atoms with Gasteiger partial charge in [-0.25, -0.2) is 0 Å². The van der Waals surface area contributed by atoms with Gasteiger partial charge in [0.05, 0.1) is 5.71 Å². The van der Waals surface area contributed by atoms with Gasteiger partial charge in [-0.1, -0.05) is 154 Å². The zero-order valence-corrected chi connectivity index (χ0v) is 39.6. The first-order chi connectivity index (χ1) is 28.4. The Morgan fingerprint density at radius 2 is 1.46 bits per heavy atom. The van der Waals surface area contributed by atoms with Crippen LogP contribution in [0.3, 0.4) is 0 Å². The summed E-state index contributed by atoms with van der Waals surface area (Å²) in [5, 5.41) is 14.0. The number of unbranched alkanes of at least 4 members (excludes halogenated alkanes) is 4. The molecule has 0 aliphatic rings. The predicted octanol–water partition coefficient (Wildman–Crippen LogP) is 15.5. The highest BCUT2D eigenvalue weighted by molar-refractivity contribution is 6.05. The van der Waals surface area contributed by atoms with E-state index in [9.17, 15) is 0 Å². The number of aryl methyl sites for hydroxylation is 2. The van der Waals surface area contributed by atoms with Crippen LogP contribution in [0.25, 0.3) is 0 Å². The van der Waals surface area contributed by atoms with E-state index in [0.717, 1.165) is 80.2 Å². The number of hydrazone groups is 1. The van der Waals surface area contributed by atoms with Crippen molar-refractivity contribution in [3.8, 4) is 0 Å². The second kappa shape index (κ2) is 35.6. The largest absolute Gasteiger partial charge is 0.389 e. The number of pyridine rings is 1. The molecule has 59 heavy (non-hydrogen) atoms. The first-order valence-corrected chi connectivity index (χ1v) is 22.8. The van der Waals surface area contributed by atoms with Crippen molar-refractivity contribution >= 4 is 11.4 Å². The molecule has 0 amide bonds. The Hall–Kier alpha value is -4.38. The second-order valence-electron chi connectivity index (χ2n) is 16.1. The van der Waals surface area contributed by atoms with Crippen LogP contribution in [0, 0.1) is 5.92 Å². The Morgan fingerprint density at radius 1 is 0.780 bits per heavy atom. The van der Waals surface area contributed by atoms with Gasteiger partial charge in [-0.05, 0) is 112 Å². The van der Waals surface area contributed by atoms with Gasteiger partial charge in [0.1, 0.15) is 0 Å². The van der Waals surface area contributed by atoms with Gasteiger partial charge in [0, 0.05) is 55.5 Å². The van der Waals surface area contributed by atoms with E-state index in [0.29, 0.717) is 0 Å². The molecule has 0 aliphatic heterocycles. The van der Waals surface area contributed by atoms with E-state index in [1.54, 1.807) is 0 Å². The highest BCUT2D eigenvalue weighted by Gasteiger charge is 2.20. The van der Waals surface area contributed by atoms with Crippen molar-refractivity contribution < 1.29 is 0 Å². The van der Waals surface area contributed by atoms with Crippen molar-refractivity contribution in [1.82, 2.24) is 15.3 Å². The van der Waals surface area contributed by atoms with Gasteiger partial charge < -0.3 is 10.6 Å². The lowest BCUT2D eigenvalue weighted by Crippen LogP contribution is -2.22.